The number of methoxy groups -OCH3 is 1. The van der Waals surface area contributed by atoms with Crippen molar-refractivity contribution in [2.45, 2.75) is 19.3 Å². The van der Waals surface area contributed by atoms with Crippen LogP contribution in [0, 0.1) is 0 Å². The first-order valence-electron chi connectivity index (χ1n) is 6.47. The molecular weight excluding hydrogens is 264 g/mol. The highest BCUT2D eigenvalue weighted by Gasteiger charge is 1.98. The van der Waals surface area contributed by atoms with Crippen LogP contribution in [0.15, 0.2) is 24.3 Å². The Balaban J connectivity index is 2.01. The number of hydrogen-bond donors (Lipinski definition) is 2. The van der Waals surface area contributed by atoms with E-state index in [-0.39, 0.29) is 6.03 Å². The van der Waals surface area contributed by atoms with Crippen LogP contribution in [-0.4, -0.2) is 32.8 Å². The van der Waals surface area contributed by atoms with Crippen LogP contribution in [-0.2, 0) is 11.2 Å². The third kappa shape index (κ3) is 7.70. The Hall–Kier alpha value is -1.26. The normalized spacial score (nSPS) is 10.2. The maximum Gasteiger partial charge on any atom is 0.314 e. The fourth-order valence-electron chi connectivity index (χ4n) is 1.64. The molecule has 19 heavy (non-hydrogen) atoms. The average Bonchev–Trinajstić information content (AvgIpc) is 2.41. The highest BCUT2D eigenvalue weighted by atomic mass is 35.5. The third-order valence-corrected chi connectivity index (χ3v) is 2.93. The Labute approximate surface area is 119 Å². The number of benzene rings is 1. The first-order chi connectivity index (χ1) is 9.22. The summed E-state index contributed by atoms with van der Waals surface area (Å²) in [6.45, 7) is 1.75. The number of hydrogen-bond acceptors (Lipinski definition) is 2. The SMILES string of the molecule is COCCNC(=O)NCCCCc1ccc(Cl)cc1. The molecule has 0 aliphatic heterocycles. The Bertz CT molecular complexity index is 368. The van der Waals surface area contributed by atoms with E-state index in [4.69, 9.17) is 16.3 Å². The molecule has 0 radical (unpaired) electrons. The second-order valence-electron chi connectivity index (χ2n) is 4.26. The summed E-state index contributed by atoms with van der Waals surface area (Å²) in [5.74, 6) is 0. The molecule has 0 aliphatic rings. The van der Waals surface area contributed by atoms with Gasteiger partial charge in [0.05, 0.1) is 6.61 Å². The molecule has 0 unspecified atom stereocenters. The molecule has 106 valence electrons. The highest BCUT2D eigenvalue weighted by Crippen LogP contribution is 2.11. The van der Waals surface area contributed by atoms with Gasteiger partial charge in [-0.15, -0.1) is 0 Å². The zero-order valence-electron chi connectivity index (χ0n) is 11.2. The Kier molecular flexibility index (Phi) is 8.02. The number of carbonyl (C=O) groups is 1. The van der Waals surface area contributed by atoms with Crippen molar-refractivity contribution < 1.29 is 9.53 Å². The maximum atomic E-state index is 11.3. The molecule has 0 atom stereocenters. The molecule has 4 nitrogen and oxygen atoms in total. The molecule has 0 fully saturated rings. The van der Waals surface area contributed by atoms with E-state index in [1.165, 1.54) is 5.56 Å². The van der Waals surface area contributed by atoms with Crippen LogP contribution in [0.1, 0.15) is 18.4 Å². The van der Waals surface area contributed by atoms with Gasteiger partial charge in [-0.2, -0.15) is 0 Å². The zero-order valence-corrected chi connectivity index (χ0v) is 12.0. The molecule has 0 saturated carbocycles. The van der Waals surface area contributed by atoms with Crippen LogP contribution in [0.3, 0.4) is 0 Å². The van der Waals surface area contributed by atoms with Gasteiger partial charge in [0, 0.05) is 25.2 Å². The van der Waals surface area contributed by atoms with E-state index in [1.807, 2.05) is 24.3 Å². The lowest BCUT2D eigenvalue weighted by atomic mass is 10.1. The molecule has 2 N–H and O–H groups in total. The lowest BCUT2D eigenvalue weighted by Crippen LogP contribution is -2.37. The standard InChI is InChI=1S/C14H21ClN2O2/c1-19-11-10-17-14(18)16-9-3-2-4-12-5-7-13(15)8-6-12/h5-8H,2-4,9-11H2,1H3,(H2,16,17,18). The van der Waals surface area contributed by atoms with Crippen molar-refractivity contribution >= 4 is 17.6 Å². The van der Waals surface area contributed by atoms with E-state index in [1.54, 1.807) is 7.11 Å². The molecule has 5 heteroatoms. The highest BCUT2D eigenvalue weighted by molar-refractivity contribution is 6.30. The molecule has 2 amide bonds. The minimum atomic E-state index is -0.136. The molecular formula is C14H21ClN2O2. The summed E-state index contributed by atoms with van der Waals surface area (Å²) >= 11 is 5.82. The van der Waals surface area contributed by atoms with Crippen molar-refractivity contribution in [3.05, 3.63) is 34.9 Å². The number of unbranched alkanes of at least 4 members (excludes halogenated alkanes) is 1. The summed E-state index contributed by atoms with van der Waals surface area (Å²) in [5.41, 5.74) is 1.27. The van der Waals surface area contributed by atoms with Gasteiger partial charge in [0.25, 0.3) is 0 Å². The predicted molar refractivity (Wildman–Crippen MR) is 77.7 cm³/mol. The quantitative estimate of drug-likeness (QED) is 0.721. The van der Waals surface area contributed by atoms with Gasteiger partial charge < -0.3 is 15.4 Å². The molecule has 0 heterocycles. The van der Waals surface area contributed by atoms with Gasteiger partial charge in [-0.1, -0.05) is 23.7 Å². The fraction of sp³-hybridized carbons (Fsp3) is 0.500. The van der Waals surface area contributed by atoms with Gasteiger partial charge in [0.15, 0.2) is 0 Å². The molecule has 0 saturated heterocycles. The number of urea groups is 1. The second-order valence-corrected chi connectivity index (χ2v) is 4.70. The van der Waals surface area contributed by atoms with Crippen LogP contribution in [0.2, 0.25) is 5.02 Å². The average molecular weight is 285 g/mol. The van der Waals surface area contributed by atoms with Gasteiger partial charge in [0.2, 0.25) is 0 Å². The zero-order chi connectivity index (χ0) is 13.9. The fourth-order valence-corrected chi connectivity index (χ4v) is 1.76. The van der Waals surface area contributed by atoms with Crippen LogP contribution in [0.4, 0.5) is 4.79 Å². The van der Waals surface area contributed by atoms with E-state index in [2.05, 4.69) is 10.6 Å². The smallest absolute Gasteiger partial charge is 0.314 e. The molecule has 1 aromatic carbocycles. The monoisotopic (exact) mass is 284 g/mol. The minimum Gasteiger partial charge on any atom is -0.383 e. The first kappa shape index (κ1) is 15.8. The first-order valence-corrected chi connectivity index (χ1v) is 6.85. The van der Waals surface area contributed by atoms with Crippen LogP contribution in [0.5, 0.6) is 0 Å². The van der Waals surface area contributed by atoms with Crippen molar-refractivity contribution in [1.29, 1.82) is 0 Å². The van der Waals surface area contributed by atoms with Crippen molar-refractivity contribution in [3.63, 3.8) is 0 Å². The van der Waals surface area contributed by atoms with Gasteiger partial charge in [-0.25, -0.2) is 4.79 Å². The molecule has 1 rings (SSSR count). The summed E-state index contributed by atoms with van der Waals surface area (Å²) in [7, 11) is 1.61. The number of aryl methyl sites for hydroxylation is 1. The Morgan fingerprint density at radius 3 is 2.53 bits per heavy atom. The number of nitrogens with one attached hydrogen (secondary N) is 2. The molecule has 1 aromatic rings. The Morgan fingerprint density at radius 1 is 1.16 bits per heavy atom. The minimum absolute atomic E-state index is 0.136. The topological polar surface area (TPSA) is 50.4 Å². The maximum absolute atomic E-state index is 11.3. The van der Waals surface area contributed by atoms with Crippen LogP contribution < -0.4 is 10.6 Å². The summed E-state index contributed by atoms with van der Waals surface area (Å²) in [6.07, 6.45) is 3.00. The van der Waals surface area contributed by atoms with Gasteiger partial charge >= 0.3 is 6.03 Å². The molecule has 0 aromatic heterocycles. The van der Waals surface area contributed by atoms with E-state index >= 15 is 0 Å². The Morgan fingerprint density at radius 2 is 1.84 bits per heavy atom. The lowest BCUT2D eigenvalue weighted by Gasteiger charge is -2.07. The second kappa shape index (κ2) is 9.64. The van der Waals surface area contributed by atoms with Crippen molar-refractivity contribution in [2.24, 2.45) is 0 Å². The summed E-state index contributed by atoms with van der Waals surface area (Å²) < 4.78 is 4.84. The van der Waals surface area contributed by atoms with Gasteiger partial charge in [0.1, 0.15) is 0 Å². The van der Waals surface area contributed by atoms with Crippen molar-refractivity contribution in [2.75, 3.05) is 26.8 Å². The van der Waals surface area contributed by atoms with E-state index < -0.39 is 0 Å². The summed E-state index contributed by atoms with van der Waals surface area (Å²) in [6, 6.07) is 7.74. The van der Waals surface area contributed by atoms with E-state index in [9.17, 15) is 4.79 Å². The van der Waals surface area contributed by atoms with Gasteiger partial charge in [-0.3, -0.25) is 0 Å². The summed E-state index contributed by atoms with van der Waals surface area (Å²) in [5, 5.41) is 6.28. The molecule has 0 spiro atoms. The van der Waals surface area contributed by atoms with E-state index in [0.717, 1.165) is 24.3 Å². The molecule has 0 bridgehead atoms. The number of ether oxygens (including phenoxy) is 1. The number of rotatable bonds is 8. The van der Waals surface area contributed by atoms with Crippen molar-refractivity contribution in [1.82, 2.24) is 10.6 Å². The predicted octanol–water partition coefficient (Wildman–Crippen LogP) is 2.61. The third-order valence-electron chi connectivity index (χ3n) is 2.68. The number of halogens is 1. The molecule has 0 aliphatic carbocycles. The number of amides is 2. The van der Waals surface area contributed by atoms with Crippen molar-refractivity contribution in [3.8, 4) is 0 Å². The van der Waals surface area contributed by atoms with Gasteiger partial charge in [-0.05, 0) is 37.0 Å². The number of carbonyl (C=O) groups excluding carboxylic acids is 1. The lowest BCUT2D eigenvalue weighted by molar-refractivity contribution is 0.196. The largest absolute Gasteiger partial charge is 0.383 e. The van der Waals surface area contributed by atoms with E-state index in [0.29, 0.717) is 19.7 Å². The van der Waals surface area contributed by atoms with Crippen LogP contribution in [0.25, 0.3) is 0 Å². The van der Waals surface area contributed by atoms with Crippen LogP contribution >= 0.6 is 11.6 Å². The summed E-state index contributed by atoms with van der Waals surface area (Å²) in [4.78, 5) is 11.3.